The predicted octanol–water partition coefficient (Wildman–Crippen LogP) is 3.71. The average Bonchev–Trinajstić information content (AvgIpc) is 3.17. The summed E-state index contributed by atoms with van der Waals surface area (Å²) in [4.78, 5) is 4.30. The molecule has 2 heterocycles. The number of ether oxygens (including phenoxy) is 2. The van der Waals surface area contributed by atoms with Gasteiger partial charge >= 0.3 is 0 Å². The summed E-state index contributed by atoms with van der Waals surface area (Å²) in [6.07, 6.45) is 2.30. The summed E-state index contributed by atoms with van der Waals surface area (Å²) in [5, 5.41) is 6.70. The third-order valence-corrected chi connectivity index (χ3v) is 4.90. The Morgan fingerprint density at radius 1 is 1.14 bits per heavy atom. The van der Waals surface area contributed by atoms with Gasteiger partial charge in [0, 0.05) is 26.8 Å². The van der Waals surface area contributed by atoms with Crippen molar-refractivity contribution in [1.82, 2.24) is 10.6 Å². The molecule has 0 spiro atoms. The van der Waals surface area contributed by atoms with E-state index in [1.807, 2.05) is 19.1 Å². The van der Waals surface area contributed by atoms with Crippen LogP contribution in [0.3, 0.4) is 0 Å². The van der Waals surface area contributed by atoms with Crippen molar-refractivity contribution >= 4 is 5.96 Å². The molecule has 0 amide bonds. The van der Waals surface area contributed by atoms with Gasteiger partial charge in [0.25, 0.3) is 0 Å². The summed E-state index contributed by atoms with van der Waals surface area (Å²) in [5.74, 6) is 2.55. The zero-order valence-corrected chi connectivity index (χ0v) is 17.0. The van der Waals surface area contributed by atoms with E-state index in [0.717, 1.165) is 43.5 Å². The molecule has 0 aliphatic carbocycles. The Balaban J connectivity index is 1.43. The Kier molecular flexibility index (Phi) is 7.51. The first kappa shape index (κ1) is 20.4. The van der Waals surface area contributed by atoms with Gasteiger partial charge in [-0.05, 0) is 49.9 Å². The Labute approximate surface area is 167 Å². The molecule has 1 aliphatic heterocycles. The van der Waals surface area contributed by atoms with Crippen LogP contribution < -0.4 is 10.6 Å². The van der Waals surface area contributed by atoms with Crippen molar-refractivity contribution in [3.8, 4) is 0 Å². The molecule has 0 bridgehead atoms. The minimum Gasteiger partial charge on any atom is -0.464 e. The molecule has 6 nitrogen and oxygen atoms in total. The van der Waals surface area contributed by atoms with E-state index in [1.165, 1.54) is 11.1 Å². The maximum Gasteiger partial charge on any atom is 0.191 e. The molecule has 1 saturated heterocycles. The van der Waals surface area contributed by atoms with Crippen LogP contribution in [0.4, 0.5) is 0 Å². The number of furan rings is 1. The third-order valence-electron chi connectivity index (χ3n) is 4.90. The topological polar surface area (TPSA) is 68.0 Å². The van der Waals surface area contributed by atoms with Gasteiger partial charge in [-0.15, -0.1) is 0 Å². The number of aryl methyl sites for hydroxylation is 1. The standard InChI is InChI=1S/C22H31N3O3/c1-16-4-9-21(28-16)17(2)25-22(23-3)24-14-18-5-7-19(8-6-18)15-27-20-10-12-26-13-11-20/h4-9,17,20H,10-15H2,1-3H3,(H2,23,24,25). The molecule has 1 unspecified atom stereocenters. The number of aliphatic imine (C=N–C) groups is 1. The van der Waals surface area contributed by atoms with Gasteiger partial charge in [0.2, 0.25) is 0 Å². The van der Waals surface area contributed by atoms with E-state index >= 15 is 0 Å². The Hall–Kier alpha value is -2.31. The lowest BCUT2D eigenvalue weighted by Crippen LogP contribution is -2.38. The molecule has 2 aromatic rings. The second kappa shape index (κ2) is 10.3. The molecule has 2 N–H and O–H groups in total. The fourth-order valence-electron chi connectivity index (χ4n) is 3.15. The highest BCUT2D eigenvalue weighted by molar-refractivity contribution is 5.80. The van der Waals surface area contributed by atoms with Crippen LogP contribution in [0.1, 0.15) is 48.5 Å². The van der Waals surface area contributed by atoms with Crippen LogP contribution >= 0.6 is 0 Å². The number of nitrogens with one attached hydrogen (secondary N) is 2. The highest BCUT2D eigenvalue weighted by atomic mass is 16.5. The third kappa shape index (κ3) is 6.11. The van der Waals surface area contributed by atoms with Gasteiger partial charge in [0.1, 0.15) is 11.5 Å². The fourth-order valence-corrected chi connectivity index (χ4v) is 3.15. The van der Waals surface area contributed by atoms with Crippen molar-refractivity contribution in [1.29, 1.82) is 0 Å². The SMILES string of the molecule is CN=C(NCc1ccc(COC2CCOCC2)cc1)NC(C)c1ccc(C)o1. The average molecular weight is 386 g/mol. The highest BCUT2D eigenvalue weighted by Gasteiger charge is 2.14. The molecule has 1 aromatic carbocycles. The fraction of sp³-hybridized carbons (Fsp3) is 0.500. The van der Waals surface area contributed by atoms with Gasteiger partial charge in [0.05, 0.1) is 18.8 Å². The largest absolute Gasteiger partial charge is 0.464 e. The summed E-state index contributed by atoms with van der Waals surface area (Å²) in [7, 11) is 1.77. The molecule has 1 aliphatic rings. The molecule has 28 heavy (non-hydrogen) atoms. The van der Waals surface area contributed by atoms with Crippen molar-refractivity contribution in [3.05, 3.63) is 59.0 Å². The summed E-state index contributed by atoms with van der Waals surface area (Å²) in [6.45, 7) is 6.97. The highest BCUT2D eigenvalue weighted by Crippen LogP contribution is 2.16. The van der Waals surface area contributed by atoms with E-state index in [4.69, 9.17) is 13.9 Å². The smallest absolute Gasteiger partial charge is 0.191 e. The van der Waals surface area contributed by atoms with Gasteiger partial charge in [-0.3, -0.25) is 4.99 Å². The number of hydrogen-bond donors (Lipinski definition) is 2. The van der Waals surface area contributed by atoms with Crippen molar-refractivity contribution in [2.45, 2.75) is 52.0 Å². The minimum atomic E-state index is 0.0459. The number of guanidine groups is 1. The lowest BCUT2D eigenvalue weighted by molar-refractivity contribution is -0.0390. The molecule has 152 valence electrons. The lowest BCUT2D eigenvalue weighted by Gasteiger charge is -2.22. The second-order valence-electron chi connectivity index (χ2n) is 7.18. The van der Waals surface area contributed by atoms with E-state index in [0.29, 0.717) is 19.3 Å². The Bertz CT molecular complexity index is 749. The summed E-state index contributed by atoms with van der Waals surface area (Å²) in [6, 6.07) is 12.5. The van der Waals surface area contributed by atoms with Crippen LogP contribution in [0.2, 0.25) is 0 Å². The van der Waals surface area contributed by atoms with Crippen molar-refractivity contribution in [2.75, 3.05) is 20.3 Å². The first-order valence-corrected chi connectivity index (χ1v) is 9.94. The summed E-state index contributed by atoms with van der Waals surface area (Å²) in [5.41, 5.74) is 2.39. The van der Waals surface area contributed by atoms with Crippen LogP contribution in [-0.4, -0.2) is 32.3 Å². The van der Waals surface area contributed by atoms with E-state index in [9.17, 15) is 0 Å². The number of hydrogen-bond acceptors (Lipinski definition) is 4. The number of benzene rings is 1. The molecule has 0 radical (unpaired) electrons. The van der Waals surface area contributed by atoms with Gasteiger partial charge in [-0.25, -0.2) is 0 Å². The molecular formula is C22H31N3O3. The van der Waals surface area contributed by atoms with E-state index in [2.05, 4.69) is 46.8 Å². The van der Waals surface area contributed by atoms with E-state index in [1.54, 1.807) is 7.05 Å². The maximum atomic E-state index is 5.98. The molecular weight excluding hydrogens is 354 g/mol. The van der Waals surface area contributed by atoms with Gasteiger partial charge in [-0.2, -0.15) is 0 Å². The van der Waals surface area contributed by atoms with E-state index < -0.39 is 0 Å². The first-order valence-electron chi connectivity index (χ1n) is 9.94. The molecule has 6 heteroatoms. The minimum absolute atomic E-state index is 0.0459. The van der Waals surface area contributed by atoms with E-state index in [-0.39, 0.29) is 6.04 Å². The van der Waals surface area contributed by atoms with Gasteiger partial charge < -0.3 is 24.5 Å². The maximum absolute atomic E-state index is 5.98. The molecule has 0 saturated carbocycles. The van der Waals surface area contributed by atoms with Crippen molar-refractivity contribution in [2.24, 2.45) is 4.99 Å². The molecule has 1 atom stereocenters. The normalized spacial score (nSPS) is 16.8. The van der Waals surface area contributed by atoms with Crippen LogP contribution in [-0.2, 0) is 22.6 Å². The molecule has 1 aromatic heterocycles. The summed E-state index contributed by atoms with van der Waals surface area (Å²) < 4.78 is 17.0. The monoisotopic (exact) mass is 385 g/mol. The predicted molar refractivity (Wildman–Crippen MR) is 110 cm³/mol. The number of rotatable bonds is 7. The zero-order valence-electron chi connectivity index (χ0n) is 17.0. The van der Waals surface area contributed by atoms with Crippen LogP contribution in [0.15, 0.2) is 45.8 Å². The molecule has 3 rings (SSSR count). The Morgan fingerprint density at radius 2 is 1.86 bits per heavy atom. The van der Waals surface area contributed by atoms with Crippen LogP contribution in [0, 0.1) is 6.92 Å². The van der Waals surface area contributed by atoms with Crippen molar-refractivity contribution in [3.63, 3.8) is 0 Å². The quantitative estimate of drug-likeness (QED) is 0.562. The first-order chi connectivity index (χ1) is 13.6. The number of nitrogens with zero attached hydrogens (tertiary/aromatic N) is 1. The second-order valence-corrected chi connectivity index (χ2v) is 7.18. The van der Waals surface area contributed by atoms with Gasteiger partial charge in [0.15, 0.2) is 5.96 Å². The Morgan fingerprint density at radius 3 is 2.50 bits per heavy atom. The van der Waals surface area contributed by atoms with Crippen molar-refractivity contribution < 1.29 is 13.9 Å². The van der Waals surface area contributed by atoms with Crippen LogP contribution in [0.25, 0.3) is 0 Å². The van der Waals surface area contributed by atoms with Crippen LogP contribution in [0.5, 0.6) is 0 Å². The zero-order chi connectivity index (χ0) is 19.8. The lowest BCUT2D eigenvalue weighted by atomic mass is 10.1. The summed E-state index contributed by atoms with van der Waals surface area (Å²) >= 11 is 0. The molecule has 1 fully saturated rings. The van der Waals surface area contributed by atoms with Gasteiger partial charge in [-0.1, -0.05) is 24.3 Å².